The summed E-state index contributed by atoms with van der Waals surface area (Å²) in [5.74, 6) is 0.920. The van der Waals surface area contributed by atoms with Gasteiger partial charge in [0.2, 0.25) is 0 Å². The molecule has 1 aromatic rings. The summed E-state index contributed by atoms with van der Waals surface area (Å²) in [5.41, 5.74) is 5.76. The van der Waals surface area contributed by atoms with Crippen LogP contribution in [-0.4, -0.2) is 17.4 Å². The topological polar surface area (TPSA) is 46.2 Å². The van der Waals surface area contributed by atoms with E-state index >= 15 is 0 Å². The molecule has 0 amide bonds. The summed E-state index contributed by atoms with van der Waals surface area (Å²) in [6, 6.07) is 5.89. The predicted molar refractivity (Wildman–Crippen MR) is 62.4 cm³/mol. The molecule has 4 heteroatoms. The maximum absolute atomic E-state index is 10.3. The van der Waals surface area contributed by atoms with Crippen LogP contribution in [0.2, 0.25) is 0 Å². The van der Waals surface area contributed by atoms with Crippen molar-refractivity contribution in [2.45, 2.75) is 16.9 Å². The van der Waals surface area contributed by atoms with Gasteiger partial charge in [0.1, 0.15) is 5.60 Å². The van der Waals surface area contributed by atoms with E-state index in [4.69, 9.17) is 5.73 Å². The number of fused-ring (bicyclic) bond motifs is 1. The number of thioether (sulfide) groups is 1. The first-order valence-electron chi connectivity index (χ1n) is 4.51. The highest BCUT2D eigenvalue weighted by Gasteiger charge is 2.34. The molecule has 1 unspecified atom stereocenters. The minimum absolute atomic E-state index is 0.289. The Morgan fingerprint density at radius 1 is 1.57 bits per heavy atom. The Kier molecular flexibility index (Phi) is 2.88. The molecule has 0 saturated carbocycles. The van der Waals surface area contributed by atoms with Gasteiger partial charge in [-0.05, 0) is 34.0 Å². The zero-order valence-electron chi connectivity index (χ0n) is 7.66. The molecule has 2 rings (SSSR count). The zero-order chi connectivity index (χ0) is 10.2. The quantitative estimate of drug-likeness (QED) is 0.824. The molecule has 0 fully saturated rings. The molecule has 1 aliphatic rings. The smallest absolute Gasteiger partial charge is 0.104 e. The van der Waals surface area contributed by atoms with Crippen LogP contribution >= 0.6 is 27.7 Å². The number of hydrogen-bond acceptors (Lipinski definition) is 3. The maximum Gasteiger partial charge on any atom is 0.104 e. The van der Waals surface area contributed by atoms with Gasteiger partial charge in [-0.1, -0.05) is 12.1 Å². The first kappa shape index (κ1) is 10.5. The number of benzene rings is 1. The molecular formula is C10H12BrNOS. The van der Waals surface area contributed by atoms with Crippen LogP contribution in [0.4, 0.5) is 0 Å². The van der Waals surface area contributed by atoms with Crippen LogP contribution in [0, 0.1) is 0 Å². The van der Waals surface area contributed by atoms with Crippen molar-refractivity contribution in [2.24, 2.45) is 5.73 Å². The van der Waals surface area contributed by atoms with Gasteiger partial charge in [-0.15, -0.1) is 11.8 Å². The maximum atomic E-state index is 10.3. The molecule has 2 nitrogen and oxygen atoms in total. The van der Waals surface area contributed by atoms with E-state index in [0.717, 1.165) is 27.1 Å². The van der Waals surface area contributed by atoms with Crippen molar-refractivity contribution in [3.05, 3.63) is 28.2 Å². The Morgan fingerprint density at radius 2 is 2.36 bits per heavy atom. The third kappa shape index (κ3) is 1.60. The summed E-state index contributed by atoms with van der Waals surface area (Å²) < 4.78 is 1.05. The fourth-order valence-corrected chi connectivity index (χ4v) is 3.66. The van der Waals surface area contributed by atoms with Crippen LogP contribution in [0.1, 0.15) is 12.0 Å². The largest absolute Gasteiger partial charge is 0.384 e. The van der Waals surface area contributed by atoms with E-state index in [1.165, 1.54) is 0 Å². The highest BCUT2D eigenvalue weighted by Crippen LogP contribution is 2.43. The molecule has 0 aromatic heterocycles. The van der Waals surface area contributed by atoms with Gasteiger partial charge in [0.15, 0.2) is 0 Å². The molecule has 0 spiro atoms. The third-order valence-corrected chi connectivity index (χ3v) is 4.63. The highest BCUT2D eigenvalue weighted by atomic mass is 79.9. The van der Waals surface area contributed by atoms with Gasteiger partial charge in [0.25, 0.3) is 0 Å². The Labute approximate surface area is 96.0 Å². The lowest BCUT2D eigenvalue weighted by atomic mass is 9.91. The third-order valence-electron chi connectivity index (χ3n) is 2.57. The fraction of sp³-hybridized carbons (Fsp3) is 0.400. The van der Waals surface area contributed by atoms with Crippen LogP contribution < -0.4 is 5.73 Å². The van der Waals surface area contributed by atoms with Crippen LogP contribution in [-0.2, 0) is 5.60 Å². The Morgan fingerprint density at radius 3 is 3.07 bits per heavy atom. The summed E-state index contributed by atoms with van der Waals surface area (Å²) >= 11 is 5.26. The molecule has 76 valence electrons. The number of aliphatic hydroxyl groups is 1. The number of hydrogen-bond donors (Lipinski definition) is 2. The molecule has 3 N–H and O–H groups in total. The zero-order valence-corrected chi connectivity index (χ0v) is 10.1. The monoisotopic (exact) mass is 273 g/mol. The normalized spacial score (nSPS) is 25.9. The molecule has 0 bridgehead atoms. The number of rotatable bonds is 1. The summed E-state index contributed by atoms with van der Waals surface area (Å²) in [7, 11) is 0. The molecule has 1 atom stereocenters. The summed E-state index contributed by atoms with van der Waals surface area (Å²) in [4.78, 5) is 1.13. The van der Waals surface area contributed by atoms with Crippen molar-refractivity contribution >= 4 is 27.7 Å². The van der Waals surface area contributed by atoms with Crippen molar-refractivity contribution in [3.8, 4) is 0 Å². The molecule has 0 radical (unpaired) electrons. The van der Waals surface area contributed by atoms with E-state index in [1.807, 2.05) is 18.2 Å². The van der Waals surface area contributed by atoms with Crippen molar-refractivity contribution in [1.29, 1.82) is 0 Å². The van der Waals surface area contributed by atoms with E-state index in [2.05, 4.69) is 15.9 Å². The lowest BCUT2D eigenvalue weighted by molar-refractivity contribution is 0.0385. The number of halogens is 1. The van der Waals surface area contributed by atoms with Crippen LogP contribution in [0.5, 0.6) is 0 Å². The van der Waals surface area contributed by atoms with Gasteiger partial charge < -0.3 is 10.8 Å². The van der Waals surface area contributed by atoms with Gasteiger partial charge in [-0.3, -0.25) is 0 Å². The number of nitrogens with two attached hydrogens (primary N) is 1. The van der Waals surface area contributed by atoms with Gasteiger partial charge in [-0.25, -0.2) is 0 Å². The second kappa shape index (κ2) is 3.85. The van der Waals surface area contributed by atoms with Gasteiger partial charge in [-0.2, -0.15) is 0 Å². The standard InChI is InChI=1S/C10H12BrNOS/c11-8-3-1-2-7-9(8)14-5-4-10(7,13)6-12/h1-3,13H,4-6,12H2. The van der Waals surface area contributed by atoms with E-state index in [9.17, 15) is 5.11 Å². The minimum Gasteiger partial charge on any atom is -0.384 e. The van der Waals surface area contributed by atoms with Gasteiger partial charge in [0.05, 0.1) is 0 Å². The Hall–Kier alpha value is -0.0300. The fourth-order valence-electron chi connectivity index (χ4n) is 1.69. The average molecular weight is 274 g/mol. The Bertz CT molecular complexity index is 358. The van der Waals surface area contributed by atoms with E-state index in [1.54, 1.807) is 11.8 Å². The SMILES string of the molecule is NCC1(O)CCSc2c(Br)cccc21. The first-order chi connectivity index (χ1) is 6.67. The molecule has 1 heterocycles. The van der Waals surface area contributed by atoms with Crippen LogP contribution in [0.15, 0.2) is 27.6 Å². The van der Waals surface area contributed by atoms with Crippen molar-refractivity contribution in [2.75, 3.05) is 12.3 Å². The summed E-state index contributed by atoms with van der Waals surface area (Å²) in [5, 5.41) is 10.3. The highest BCUT2D eigenvalue weighted by molar-refractivity contribution is 9.10. The lowest BCUT2D eigenvalue weighted by Crippen LogP contribution is -2.37. The van der Waals surface area contributed by atoms with E-state index < -0.39 is 5.60 Å². The molecular weight excluding hydrogens is 262 g/mol. The second-order valence-electron chi connectivity index (χ2n) is 3.45. The van der Waals surface area contributed by atoms with Gasteiger partial charge in [0, 0.05) is 21.7 Å². The minimum atomic E-state index is -0.829. The predicted octanol–water partition coefficient (Wildman–Crippen LogP) is 2.09. The molecule has 0 aliphatic carbocycles. The van der Waals surface area contributed by atoms with Crippen molar-refractivity contribution in [1.82, 2.24) is 0 Å². The summed E-state index contributed by atoms with van der Waals surface area (Å²) in [6.45, 7) is 0.289. The van der Waals surface area contributed by atoms with Crippen molar-refractivity contribution < 1.29 is 5.11 Å². The van der Waals surface area contributed by atoms with Crippen molar-refractivity contribution in [3.63, 3.8) is 0 Å². The summed E-state index contributed by atoms with van der Waals surface area (Å²) in [6.07, 6.45) is 0.734. The van der Waals surface area contributed by atoms with E-state index in [-0.39, 0.29) is 6.54 Å². The van der Waals surface area contributed by atoms with E-state index in [0.29, 0.717) is 0 Å². The molecule has 1 aliphatic heterocycles. The molecule has 14 heavy (non-hydrogen) atoms. The van der Waals surface area contributed by atoms with Gasteiger partial charge >= 0.3 is 0 Å². The van der Waals surface area contributed by atoms with Crippen LogP contribution in [0.3, 0.4) is 0 Å². The molecule has 0 saturated heterocycles. The lowest BCUT2D eigenvalue weighted by Gasteiger charge is -2.33. The molecule has 1 aromatic carbocycles. The first-order valence-corrected chi connectivity index (χ1v) is 6.29. The Balaban J connectivity index is 2.55. The average Bonchev–Trinajstić information content (AvgIpc) is 2.20. The van der Waals surface area contributed by atoms with Crippen LogP contribution in [0.25, 0.3) is 0 Å². The second-order valence-corrected chi connectivity index (χ2v) is 5.41.